The molecule has 1 aromatic heterocycles. The van der Waals surface area contributed by atoms with E-state index in [4.69, 9.17) is 17.3 Å². The van der Waals surface area contributed by atoms with Gasteiger partial charge in [0.25, 0.3) is 5.91 Å². The normalized spacial score (nSPS) is 22.7. The standard InChI is InChI=1S/C12H12ClN3O/c13-7-1-2-9-6(3-7)4-11(15-9)12(17)16-10-5-8(10)14/h1-4,8,10,15H,5,14H2,(H,16,17). The first-order valence-electron chi connectivity index (χ1n) is 5.48. The van der Waals surface area contributed by atoms with Crippen molar-refractivity contribution in [1.82, 2.24) is 10.3 Å². The lowest BCUT2D eigenvalue weighted by atomic mass is 10.2. The predicted molar refractivity (Wildman–Crippen MR) is 67.2 cm³/mol. The Morgan fingerprint density at radius 2 is 2.24 bits per heavy atom. The first-order chi connectivity index (χ1) is 8.13. The first kappa shape index (κ1) is 10.6. The van der Waals surface area contributed by atoms with Gasteiger partial charge in [-0.3, -0.25) is 4.79 Å². The van der Waals surface area contributed by atoms with E-state index in [1.54, 1.807) is 12.1 Å². The van der Waals surface area contributed by atoms with Crippen molar-refractivity contribution in [2.24, 2.45) is 5.73 Å². The molecule has 3 rings (SSSR count). The molecule has 88 valence electrons. The summed E-state index contributed by atoms with van der Waals surface area (Å²) in [4.78, 5) is 14.9. The molecule has 5 heteroatoms. The Morgan fingerprint density at radius 3 is 2.94 bits per heavy atom. The van der Waals surface area contributed by atoms with Crippen molar-refractivity contribution in [3.63, 3.8) is 0 Å². The minimum absolute atomic E-state index is 0.109. The maximum atomic E-state index is 11.9. The summed E-state index contributed by atoms with van der Waals surface area (Å²) in [5, 5.41) is 4.46. The van der Waals surface area contributed by atoms with Crippen LogP contribution >= 0.6 is 11.6 Å². The lowest BCUT2D eigenvalue weighted by Gasteiger charge is -2.00. The van der Waals surface area contributed by atoms with Crippen molar-refractivity contribution in [3.05, 3.63) is 35.0 Å². The maximum absolute atomic E-state index is 11.9. The molecule has 1 amide bonds. The lowest BCUT2D eigenvalue weighted by Crippen LogP contribution is -2.29. The van der Waals surface area contributed by atoms with E-state index in [1.807, 2.05) is 12.1 Å². The second kappa shape index (κ2) is 3.75. The number of aromatic amines is 1. The molecular formula is C12H12ClN3O. The highest BCUT2D eigenvalue weighted by atomic mass is 35.5. The van der Waals surface area contributed by atoms with Crippen LogP contribution in [0.25, 0.3) is 10.9 Å². The summed E-state index contributed by atoms with van der Waals surface area (Å²) >= 11 is 5.89. The van der Waals surface area contributed by atoms with Crippen LogP contribution < -0.4 is 11.1 Å². The van der Waals surface area contributed by atoms with Gasteiger partial charge in [-0.25, -0.2) is 0 Å². The average Bonchev–Trinajstić information content (AvgIpc) is 2.81. The fourth-order valence-electron chi connectivity index (χ4n) is 1.85. The Balaban J connectivity index is 1.87. The van der Waals surface area contributed by atoms with Crippen molar-refractivity contribution in [2.45, 2.75) is 18.5 Å². The second-order valence-electron chi connectivity index (χ2n) is 4.39. The number of nitrogens with two attached hydrogens (primary N) is 1. The molecule has 0 saturated heterocycles. The van der Waals surface area contributed by atoms with E-state index in [0.29, 0.717) is 10.7 Å². The Hall–Kier alpha value is -1.52. The topological polar surface area (TPSA) is 70.9 Å². The highest BCUT2D eigenvalue weighted by Gasteiger charge is 2.35. The number of halogens is 1. The molecule has 1 saturated carbocycles. The third-order valence-electron chi connectivity index (χ3n) is 2.98. The minimum atomic E-state index is -0.115. The van der Waals surface area contributed by atoms with Crippen LogP contribution in [0.1, 0.15) is 16.9 Å². The van der Waals surface area contributed by atoms with Crippen LogP contribution in [-0.4, -0.2) is 23.0 Å². The van der Waals surface area contributed by atoms with Gasteiger partial charge in [-0.05, 0) is 30.7 Å². The molecular weight excluding hydrogens is 238 g/mol. The average molecular weight is 250 g/mol. The molecule has 2 unspecified atom stereocenters. The SMILES string of the molecule is NC1CC1NC(=O)c1cc2cc(Cl)ccc2[nH]1. The fraction of sp³-hybridized carbons (Fsp3) is 0.250. The summed E-state index contributed by atoms with van der Waals surface area (Å²) in [6.07, 6.45) is 0.859. The molecule has 4 N–H and O–H groups in total. The van der Waals surface area contributed by atoms with E-state index in [-0.39, 0.29) is 18.0 Å². The number of amides is 1. The van der Waals surface area contributed by atoms with E-state index in [0.717, 1.165) is 17.3 Å². The highest BCUT2D eigenvalue weighted by molar-refractivity contribution is 6.31. The zero-order valence-corrected chi connectivity index (χ0v) is 9.79. The van der Waals surface area contributed by atoms with Gasteiger partial charge in [0.05, 0.1) is 0 Å². The van der Waals surface area contributed by atoms with Crippen molar-refractivity contribution in [3.8, 4) is 0 Å². The largest absolute Gasteiger partial charge is 0.351 e. The zero-order valence-electron chi connectivity index (χ0n) is 9.03. The molecule has 1 aliphatic carbocycles. The van der Waals surface area contributed by atoms with Crippen LogP contribution in [0.3, 0.4) is 0 Å². The number of carbonyl (C=O) groups excluding carboxylic acids is 1. The van der Waals surface area contributed by atoms with Gasteiger partial charge < -0.3 is 16.0 Å². The quantitative estimate of drug-likeness (QED) is 0.757. The van der Waals surface area contributed by atoms with Crippen LogP contribution in [0, 0.1) is 0 Å². The van der Waals surface area contributed by atoms with Gasteiger partial charge in [-0.2, -0.15) is 0 Å². The van der Waals surface area contributed by atoms with Gasteiger partial charge >= 0.3 is 0 Å². The molecule has 0 bridgehead atoms. The molecule has 1 heterocycles. The molecule has 1 fully saturated rings. The van der Waals surface area contributed by atoms with Gasteiger partial charge in [-0.1, -0.05) is 11.6 Å². The summed E-state index contributed by atoms with van der Waals surface area (Å²) < 4.78 is 0. The van der Waals surface area contributed by atoms with E-state index in [2.05, 4.69) is 10.3 Å². The van der Waals surface area contributed by atoms with E-state index >= 15 is 0 Å². The van der Waals surface area contributed by atoms with Gasteiger partial charge in [0, 0.05) is 28.0 Å². The van der Waals surface area contributed by atoms with Crippen LogP contribution in [0.15, 0.2) is 24.3 Å². The Kier molecular flexibility index (Phi) is 2.34. The van der Waals surface area contributed by atoms with Crippen LogP contribution in [0.4, 0.5) is 0 Å². The number of benzene rings is 1. The molecule has 1 aliphatic rings. The Bertz CT molecular complexity index is 592. The molecule has 2 aromatic rings. The molecule has 0 radical (unpaired) electrons. The summed E-state index contributed by atoms with van der Waals surface area (Å²) in [5.41, 5.74) is 7.09. The van der Waals surface area contributed by atoms with Crippen LogP contribution in [0.5, 0.6) is 0 Å². The number of carbonyl (C=O) groups is 1. The van der Waals surface area contributed by atoms with E-state index in [9.17, 15) is 4.79 Å². The summed E-state index contributed by atoms with van der Waals surface area (Å²) in [6.45, 7) is 0. The predicted octanol–water partition coefficient (Wildman–Crippen LogP) is 1.65. The molecule has 4 nitrogen and oxygen atoms in total. The summed E-state index contributed by atoms with van der Waals surface area (Å²) in [7, 11) is 0. The molecule has 1 aromatic carbocycles. The van der Waals surface area contributed by atoms with Crippen molar-refractivity contribution < 1.29 is 4.79 Å². The molecule has 0 aliphatic heterocycles. The lowest BCUT2D eigenvalue weighted by molar-refractivity contribution is 0.0946. The number of hydrogen-bond donors (Lipinski definition) is 3. The number of H-pyrrole nitrogens is 1. The van der Waals surface area contributed by atoms with Crippen molar-refractivity contribution in [1.29, 1.82) is 0 Å². The van der Waals surface area contributed by atoms with Gasteiger partial charge in [0.1, 0.15) is 5.69 Å². The fourth-order valence-corrected chi connectivity index (χ4v) is 2.03. The third kappa shape index (κ3) is 2.01. The van der Waals surface area contributed by atoms with E-state index < -0.39 is 0 Å². The third-order valence-corrected chi connectivity index (χ3v) is 3.22. The smallest absolute Gasteiger partial charge is 0.268 e. The molecule has 2 atom stereocenters. The molecule has 17 heavy (non-hydrogen) atoms. The Labute approximate surface area is 103 Å². The van der Waals surface area contributed by atoms with Crippen molar-refractivity contribution in [2.75, 3.05) is 0 Å². The summed E-state index contributed by atoms with van der Waals surface area (Å²) in [5.74, 6) is -0.115. The minimum Gasteiger partial charge on any atom is -0.351 e. The number of hydrogen-bond acceptors (Lipinski definition) is 2. The highest BCUT2D eigenvalue weighted by Crippen LogP contribution is 2.22. The maximum Gasteiger partial charge on any atom is 0.268 e. The number of aromatic nitrogens is 1. The first-order valence-corrected chi connectivity index (χ1v) is 5.86. The number of rotatable bonds is 2. The van der Waals surface area contributed by atoms with Gasteiger partial charge in [0.2, 0.25) is 0 Å². The van der Waals surface area contributed by atoms with Crippen LogP contribution in [0.2, 0.25) is 5.02 Å². The van der Waals surface area contributed by atoms with E-state index in [1.165, 1.54) is 0 Å². The number of nitrogens with one attached hydrogen (secondary N) is 2. The van der Waals surface area contributed by atoms with Crippen molar-refractivity contribution >= 4 is 28.4 Å². The monoisotopic (exact) mass is 249 g/mol. The molecule has 0 spiro atoms. The number of fused-ring (bicyclic) bond motifs is 1. The van der Waals surface area contributed by atoms with Gasteiger partial charge in [-0.15, -0.1) is 0 Å². The van der Waals surface area contributed by atoms with Gasteiger partial charge in [0.15, 0.2) is 0 Å². The Morgan fingerprint density at radius 1 is 1.47 bits per heavy atom. The zero-order chi connectivity index (χ0) is 12.0. The second-order valence-corrected chi connectivity index (χ2v) is 4.83. The van der Waals surface area contributed by atoms with Crippen LogP contribution in [-0.2, 0) is 0 Å². The summed E-state index contributed by atoms with van der Waals surface area (Å²) in [6, 6.07) is 7.50.